The molecule has 2 aromatic rings. The van der Waals surface area contributed by atoms with Gasteiger partial charge < -0.3 is 14.7 Å². The fraction of sp³-hybridized carbons (Fsp3) is 0.368. The third-order valence-electron chi connectivity index (χ3n) is 4.43. The number of amides is 2. The molecule has 1 aromatic heterocycles. The van der Waals surface area contributed by atoms with Crippen molar-refractivity contribution < 1.29 is 14.1 Å². The summed E-state index contributed by atoms with van der Waals surface area (Å²) in [5.74, 6) is 0.224. The molecule has 1 aromatic carbocycles. The molecule has 1 saturated heterocycles. The summed E-state index contributed by atoms with van der Waals surface area (Å²) in [5.41, 5.74) is 2.21. The summed E-state index contributed by atoms with van der Waals surface area (Å²) in [5, 5.41) is 15.5. The predicted octanol–water partition coefficient (Wildman–Crippen LogP) is 1.70. The number of aryl methyl sites for hydroxylation is 1. The van der Waals surface area contributed by atoms with Crippen molar-refractivity contribution >= 4 is 11.8 Å². The lowest BCUT2D eigenvalue weighted by Crippen LogP contribution is -2.46. The first-order chi connectivity index (χ1) is 12.6. The maximum absolute atomic E-state index is 12.5. The minimum Gasteiger partial charge on any atom is -0.361 e. The van der Waals surface area contributed by atoms with Gasteiger partial charge in [0.15, 0.2) is 0 Å². The minimum absolute atomic E-state index is 0.111. The van der Waals surface area contributed by atoms with E-state index in [4.69, 9.17) is 9.78 Å². The standard InChI is InChI=1S/C19H20N4O3/c1-13-9-16(26-22-13)10-18(24)23-8-2-3-17(23)19(25)21-12-15-6-4-14(11-20)5-7-15/h4-7,9,17H,2-3,8,10,12H2,1H3,(H,21,25). The first-order valence-corrected chi connectivity index (χ1v) is 8.55. The summed E-state index contributed by atoms with van der Waals surface area (Å²) in [6, 6.07) is 10.4. The molecule has 1 fully saturated rings. The van der Waals surface area contributed by atoms with E-state index < -0.39 is 6.04 Å². The number of benzene rings is 1. The normalized spacial score (nSPS) is 16.3. The van der Waals surface area contributed by atoms with Crippen LogP contribution in [-0.4, -0.2) is 34.5 Å². The van der Waals surface area contributed by atoms with Crippen LogP contribution < -0.4 is 5.32 Å². The van der Waals surface area contributed by atoms with E-state index >= 15 is 0 Å². The van der Waals surface area contributed by atoms with Gasteiger partial charge >= 0.3 is 0 Å². The lowest BCUT2D eigenvalue weighted by molar-refractivity contribution is -0.138. The van der Waals surface area contributed by atoms with E-state index in [1.807, 2.05) is 12.1 Å². The van der Waals surface area contributed by atoms with Gasteiger partial charge in [-0.2, -0.15) is 5.26 Å². The Hall–Kier alpha value is -3.14. The largest absolute Gasteiger partial charge is 0.361 e. The molecule has 1 aliphatic rings. The maximum Gasteiger partial charge on any atom is 0.243 e. The van der Waals surface area contributed by atoms with Crippen LogP contribution in [0.5, 0.6) is 0 Å². The van der Waals surface area contributed by atoms with Gasteiger partial charge in [-0.25, -0.2) is 0 Å². The molecule has 0 saturated carbocycles. The Kier molecular flexibility index (Phi) is 5.32. The van der Waals surface area contributed by atoms with Gasteiger partial charge in [0.25, 0.3) is 0 Å². The average molecular weight is 352 g/mol. The second-order valence-corrected chi connectivity index (χ2v) is 6.38. The number of nitrogens with zero attached hydrogens (tertiary/aromatic N) is 3. The molecule has 1 aliphatic heterocycles. The number of likely N-dealkylation sites (tertiary alicyclic amines) is 1. The van der Waals surface area contributed by atoms with Crippen LogP contribution in [-0.2, 0) is 22.6 Å². The highest BCUT2D eigenvalue weighted by atomic mass is 16.5. The van der Waals surface area contributed by atoms with E-state index in [0.717, 1.165) is 17.7 Å². The van der Waals surface area contributed by atoms with Crippen molar-refractivity contribution in [3.63, 3.8) is 0 Å². The molecule has 7 heteroatoms. The number of hydrogen-bond donors (Lipinski definition) is 1. The van der Waals surface area contributed by atoms with E-state index in [1.165, 1.54) is 0 Å². The third kappa shape index (κ3) is 4.09. The second-order valence-electron chi connectivity index (χ2n) is 6.38. The fourth-order valence-electron chi connectivity index (χ4n) is 3.09. The summed E-state index contributed by atoms with van der Waals surface area (Å²) >= 11 is 0. The van der Waals surface area contributed by atoms with Gasteiger partial charge in [0, 0.05) is 19.2 Å². The van der Waals surface area contributed by atoms with Crippen molar-refractivity contribution in [3.8, 4) is 6.07 Å². The number of carbonyl (C=O) groups excluding carboxylic acids is 2. The van der Waals surface area contributed by atoms with Crippen LogP contribution in [0.25, 0.3) is 0 Å². The average Bonchev–Trinajstić information content (AvgIpc) is 3.29. The molecule has 1 N–H and O–H groups in total. The Bertz CT molecular complexity index is 835. The number of nitrogens with one attached hydrogen (secondary N) is 1. The minimum atomic E-state index is -0.454. The molecule has 3 rings (SSSR count). The van der Waals surface area contributed by atoms with E-state index in [-0.39, 0.29) is 18.2 Å². The number of aromatic nitrogens is 1. The second kappa shape index (κ2) is 7.83. The van der Waals surface area contributed by atoms with Crippen molar-refractivity contribution in [1.29, 1.82) is 5.26 Å². The van der Waals surface area contributed by atoms with E-state index in [1.54, 1.807) is 30.0 Å². The molecular weight excluding hydrogens is 332 g/mol. The van der Waals surface area contributed by atoms with Gasteiger partial charge in [-0.15, -0.1) is 0 Å². The molecule has 26 heavy (non-hydrogen) atoms. The molecule has 1 unspecified atom stereocenters. The molecule has 0 bridgehead atoms. The molecule has 1 atom stereocenters. The number of hydrogen-bond acceptors (Lipinski definition) is 5. The Morgan fingerprint density at radius 2 is 2.15 bits per heavy atom. The quantitative estimate of drug-likeness (QED) is 0.883. The highest BCUT2D eigenvalue weighted by Gasteiger charge is 2.34. The monoisotopic (exact) mass is 352 g/mol. The lowest BCUT2D eigenvalue weighted by atomic mass is 10.1. The van der Waals surface area contributed by atoms with Crippen molar-refractivity contribution in [2.24, 2.45) is 0 Å². The summed E-state index contributed by atoms with van der Waals surface area (Å²) in [4.78, 5) is 26.6. The zero-order chi connectivity index (χ0) is 18.5. The smallest absolute Gasteiger partial charge is 0.243 e. The molecular formula is C19H20N4O3. The van der Waals surface area contributed by atoms with Gasteiger partial charge in [0.1, 0.15) is 11.8 Å². The van der Waals surface area contributed by atoms with Crippen LogP contribution in [0, 0.1) is 18.3 Å². The predicted molar refractivity (Wildman–Crippen MR) is 92.7 cm³/mol. The first kappa shape index (κ1) is 17.7. The van der Waals surface area contributed by atoms with E-state index in [2.05, 4.69) is 16.5 Å². The van der Waals surface area contributed by atoms with Gasteiger partial charge in [-0.3, -0.25) is 9.59 Å². The first-order valence-electron chi connectivity index (χ1n) is 8.55. The Morgan fingerprint density at radius 1 is 1.38 bits per heavy atom. The molecule has 2 amide bonds. The van der Waals surface area contributed by atoms with Crippen LogP contribution in [0.3, 0.4) is 0 Å². The third-order valence-corrected chi connectivity index (χ3v) is 4.43. The zero-order valence-electron chi connectivity index (χ0n) is 14.6. The molecule has 7 nitrogen and oxygen atoms in total. The van der Waals surface area contributed by atoms with Gasteiger partial charge in [-0.1, -0.05) is 17.3 Å². The molecule has 134 valence electrons. The van der Waals surface area contributed by atoms with E-state index in [0.29, 0.717) is 30.8 Å². The molecule has 0 radical (unpaired) electrons. The molecule has 2 heterocycles. The summed E-state index contributed by atoms with van der Waals surface area (Å²) in [7, 11) is 0. The summed E-state index contributed by atoms with van der Waals surface area (Å²) in [6.07, 6.45) is 1.57. The number of nitriles is 1. The van der Waals surface area contributed by atoms with Gasteiger partial charge in [0.05, 0.1) is 23.7 Å². The number of rotatable bonds is 5. The van der Waals surface area contributed by atoms with Crippen LogP contribution in [0.15, 0.2) is 34.9 Å². The molecule has 0 spiro atoms. The van der Waals surface area contributed by atoms with Crippen LogP contribution in [0.1, 0.15) is 35.4 Å². The Morgan fingerprint density at radius 3 is 2.81 bits per heavy atom. The van der Waals surface area contributed by atoms with Crippen molar-refractivity contribution in [2.45, 2.75) is 38.8 Å². The zero-order valence-corrected chi connectivity index (χ0v) is 14.6. The van der Waals surface area contributed by atoms with Gasteiger partial charge in [-0.05, 0) is 37.5 Å². The Labute approximate surface area is 151 Å². The van der Waals surface area contributed by atoms with Crippen molar-refractivity contribution in [3.05, 3.63) is 52.9 Å². The highest BCUT2D eigenvalue weighted by molar-refractivity contribution is 5.88. The number of carbonyl (C=O) groups is 2. The van der Waals surface area contributed by atoms with Gasteiger partial charge in [0.2, 0.25) is 11.8 Å². The summed E-state index contributed by atoms with van der Waals surface area (Å²) in [6.45, 7) is 2.73. The van der Waals surface area contributed by atoms with Crippen molar-refractivity contribution in [1.82, 2.24) is 15.4 Å². The maximum atomic E-state index is 12.5. The van der Waals surface area contributed by atoms with Crippen molar-refractivity contribution in [2.75, 3.05) is 6.54 Å². The SMILES string of the molecule is Cc1cc(CC(=O)N2CCCC2C(=O)NCc2ccc(C#N)cc2)on1. The van der Waals surface area contributed by atoms with E-state index in [9.17, 15) is 9.59 Å². The van der Waals surface area contributed by atoms with Crippen LogP contribution in [0.4, 0.5) is 0 Å². The summed E-state index contributed by atoms with van der Waals surface area (Å²) < 4.78 is 5.09. The topological polar surface area (TPSA) is 99.2 Å². The fourth-order valence-corrected chi connectivity index (χ4v) is 3.09. The lowest BCUT2D eigenvalue weighted by Gasteiger charge is -2.23. The Balaban J connectivity index is 1.57. The molecule has 0 aliphatic carbocycles. The van der Waals surface area contributed by atoms with Crippen LogP contribution >= 0.6 is 0 Å². The van der Waals surface area contributed by atoms with Crippen LogP contribution in [0.2, 0.25) is 0 Å². The highest BCUT2D eigenvalue weighted by Crippen LogP contribution is 2.19.